The quantitative estimate of drug-likeness (QED) is 0.215. The van der Waals surface area contributed by atoms with E-state index in [0.29, 0.717) is 34.3 Å². The maximum Gasteiger partial charge on any atom is 0.469 e. The summed E-state index contributed by atoms with van der Waals surface area (Å²) in [4.78, 5) is 47.1. The molecule has 12 heteroatoms. The standard InChI is InChI=1S/C26H31ClN3O7P/c1-16(2)37-24-10-9-20(14-22(24)27)26(32)28-21(11-12-36-38(33,34)35)13-18-5-7-19(8-6-18)23-15-30(4)25(29-23)17(3)31/h5-10,14-16,21H,11-13H2,1-4H3,(H,28,32)(H2,33,34,35)/t21-/m0/s1. The Morgan fingerprint density at radius 3 is 2.39 bits per heavy atom. The highest BCUT2D eigenvalue weighted by Crippen LogP contribution is 2.36. The summed E-state index contributed by atoms with van der Waals surface area (Å²) < 4.78 is 23.0. The van der Waals surface area contributed by atoms with Crippen LogP contribution in [0.1, 0.15) is 53.7 Å². The number of hydrogen-bond acceptors (Lipinski definition) is 6. The van der Waals surface area contributed by atoms with Crippen LogP contribution in [0.2, 0.25) is 5.02 Å². The first-order valence-electron chi connectivity index (χ1n) is 11.9. The normalized spacial score (nSPS) is 12.4. The smallest absolute Gasteiger partial charge is 0.469 e. The van der Waals surface area contributed by atoms with Gasteiger partial charge in [0.05, 0.1) is 23.4 Å². The fourth-order valence-corrected chi connectivity index (χ4v) is 4.40. The second-order valence-corrected chi connectivity index (χ2v) is 10.8. The lowest BCUT2D eigenvalue weighted by Crippen LogP contribution is -2.37. The van der Waals surface area contributed by atoms with Crippen LogP contribution in [0.25, 0.3) is 11.3 Å². The lowest BCUT2D eigenvalue weighted by Gasteiger charge is -2.20. The minimum absolute atomic E-state index is 0.0779. The van der Waals surface area contributed by atoms with Gasteiger partial charge in [-0.05, 0) is 50.5 Å². The highest BCUT2D eigenvalue weighted by molar-refractivity contribution is 7.46. The van der Waals surface area contributed by atoms with Crippen molar-refractivity contribution >= 4 is 31.1 Å². The van der Waals surface area contributed by atoms with Crippen molar-refractivity contribution in [2.24, 2.45) is 7.05 Å². The highest BCUT2D eigenvalue weighted by atomic mass is 35.5. The average molecular weight is 564 g/mol. The fourth-order valence-electron chi connectivity index (χ4n) is 3.83. The van der Waals surface area contributed by atoms with E-state index in [4.69, 9.17) is 26.1 Å². The summed E-state index contributed by atoms with van der Waals surface area (Å²) in [6, 6.07) is 11.7. The molecule has 0 saturated carbocycles. The molecule has 204 valence electrons. The Bertz CT molecular complexity index is 1340. The van der Waals surface area contributed by atoms with Gasteiger partial charge in [0.25, 0.3) is 5.91 Å². The number of nitrogens with zero attached hydrogens (tertiary/aromatic N) is 2. The SMILES string of the molecule is CC(=O)c1nc(-c2ccc(C[C@H](CCOP(=O)(O)O)NC(=O)c3ccc(OC(C)C)c(Cl)c3)cc2)cn1C. The maximum absolute atomic E-state index is 13.0. The molecule has 0 fully saturated rings. The molecular formula is C26H31ClN3O7P. The Morgan fingerprint density at radius 2 is 1.84 bits per heavy atom. The van der Waals surface area contributed by atoms with Crippen LogP contribution < -0.4 is 10.1 Å². The topological polar surface area (TPSA) is 140 Å². The van der Waals surface area contributed by atoms with Crippen molar-refractivity contribution in [2.75, 3.05) is 6.61 Å². The summed E-state index contributed by atoms with van der Waals surface area (Å²) in [5, 5.41) is 3.20. The van der Waals surface area contributed by atoms with E-state index >= 15 is 0 Å². The number of hydrogen-bond donors (Lipinski definition) is 3. The van der Waals surface area contributed by atoms with Crippen molar-refractivity contribution in [2.45, 2.75) is 45.8 Å². The number of aryl methyl sites for hydroxylation is 1. The molecule has 0 saturated heterocycles. The number of carbonyl (C=O) groups excluding carboxylic acids is 2. The Hall–Kier alpha value is -3.01. The molecule has 0 unspecified atom stereocenters. The molecule has 0 aliphatic rings. The van der Waals surface area contributed by atoms with Gasteiger partial charge in [0, 0.05) is 37.3 Å². The van der Waals surface area contributed by atoms with Gasteiger partial charge in [-0.15, -0.1) is 0 Å². The van der Waals surface area contributed by atoms with Crippen molar-refractivity contribution in [3.63, 3.8) is 0 Å². The van der Waals surface area contributed by atoms with E-state index in [2.05, 4.69) is 14.8 Å². The summed E-state index contributed by atoms with van der Waals surface area (Å²) in [7, 11) is -2.89. The van der Waals surface area contributed by atoms with Crippen molar-refractivity contribution in [1.82, 2.24) is 14.9 Å². The van der Waals surface area contributed by atoms with Gasteiger partial charge in [0.15, 0.2) is 11.6 Å². The first kappa shape index (κ1) is 29.5. The molecule has 3 N–H and O–H groups in total. The van der Waals surface area contributed by atoms with Crippen LogP contribution in [0, 0.1) is 0 Å². The number of ether oxygens (including phenoxy) is 1. The van der Waals surface area contributed by atoms with Crippen molar-refractivity contribution < 1.29 is 33.2 Å². The summed E-state index contributed by atoms with van der Waals surface area (Å²) in [6.07, 6.45) is 2.23. The number of carbonyl (C=O) groups is 2. The zero-order valence-corrected chi connectivity index (χ0v) is 23.2. The molecule has 3 aromatic rings. The highest BCUT2D eigenvalue weighted by Gasteiger charge is 2.20. The van der Waals surface area contributed by atoms with Gasteiger partial charge in [-0.2, -0.15) is 0 Å². The monoisotopic (exact) mass is 563 g/mol. The third-order valence-electron chi connectivity index (χ3n) is 5.54. The second-order valence-electron chi connectivity index (χ2n) is 9.11. The third kappa shape index (κ3) is 8.51. The van der Waals surface area contributed by atoms with Crippen molar-refractivity contribution in [1.29, 1.82) is 0 Å². The summed E-state index contributed by atoms with van der Waals surface area (Å²) in [6.45, 7) is 4.94. The van der Waals surface area contributed by atoms with Gasteiger partial charge in [-0.25, -0.2) is 9.55 Å². The molecule has 1 amide bonds. The number of Topliss-reactive ketones (excluding diaryl/α,β-unsaturated/α-hetero) is 1. The second kappa shape index (κ2) is 12.7. The molecule has 0 spiro atoms. The largest absolute Gasteiger partial charge is 0.489 e. The number of amides is 1. The molecular weight excluding hydrogens is 533 g/mol. The van der Waals surface area contributed by atoms with Crippen LogP contribution in [0.5, 0.6) is 5.75 Å². The lowest BCUT2D eigenvalue weighted by atomic mass is 10.0. The Kier molecular flexibility index (Phi) is 9.87. The number of rotatable bonds is 12. The molecule has 3 rings (SSSR count). The Labute approximate surface area is 226 Å². The summed E-state index contributed by atoms with van der Waals surface area (Å²) in [5.41, 5.74) is 2.67. The Morgan fingerprint density at radius 1 is 1.16 bits per heavy atom. The number of aromatic nitrogens is 2. The van der Waals surface area contributed by atoms with Crippen LogP contribution in [0.4, 0.5) is 0 Å². The van der Waals surface area contributed by atoms with Crippen LogP contribution in [-0.2, 0) is 22.6 Å². The van der Waals surface area contributed by atoms with Gasteiger partial charge in [-0.1, -0.05) is 35.9 Å². The summed E-state index contributed by atoms with van der Waals surface area (Å²) >= 11 is 6.27. The number of benzene rings is 2. The minimum Gasteiger partial charge on any atom is -0.489 e. The van der Waals surface area contributed by atoms with Gasteiger partial charge in [-0.3, -0.25) is 14.1 Å². The van der Waals surface area contributed by atoms with Gasteiger partial charge in [0.2, 0.25) is 0 Å². The molecule has 2 aromatic carbocycles. The summed E-state index contributed by atoms with van der Waals surface area (Å²) in [5.74, 6) is 0.301. The molecule has 0 aliphatic carbocycles. The van der Waals surface area contributed by atoms with E-state index in [-0.39, 0.29) is 24.9 Å². The number of phosphoric acid groups is 1. The maximum atomic E-state index is 13.0. The predicted molar refractivity (Wildman–Crippen MR) is 143 cm³/mol. The van der Waals surface area contributed by atoms with Gasteiger partial charge < -0.3 is 24.4 Å². The number of nitrogens with one attached hydrogen (secondary N) is 1. The first-order valence-corrected chi connectivity index (χ1v) is 13.8. The molecule has 0 radical (unpaired) electrons. The van der Waals surface area contributed by atoms with Crippen LogP contribution in [0.15, 0.2) is 48.7 Å². The minimum atomic E-state index is -4.65. The zero-order valence-electron chi connectivity index (χ0n) is 21.6. The molecule has 1 atom stereocenters. The van der Waals surface area contributed by atoms with E-state index < -0.39 is 19.8 Å². The molecule has 38 heavy (non-hydrogen) atoms. The number of ketones is 1. The van der Waals surface area contributed by atoms with E-state index in [1.165, 1.54) is 13.0 Å². The van der Waals surface area contributed by atoms with E-state index in [9.17, 15) is 14.2 Å². The molecule has 1 heterocycles. The molecule has 0 aliphatic heterocycles. The first-order chi connectivity index (χ1) is 17.8. The van der Waals surface area contributed by atoms with Crippen molar-refractivity contribution in [3.05, 3.63) is 70.6 Å². The zero-order chi connectivity index (χ0) is 28.0. The number of phosphoric ester groups is 1. The predicted octanol–water partition coefficient (Wildman–Crippen LogP) is 4.57. The fraction of sp³-hybridized carbons (Fsp3) is 0.346. The van der Waals surface area contributed by atoms with Gasteiger partial charge in [0.1, 0.15) is 5.75 Å². The van der Waals surface area contributed by atoms with Crippen LogP contribution in [-0.4, -0.2) is 49.8 Å². The molecule has 0 bridgehead atoms. The number of imidazole rings is 1. The Balaban J connectivity index is 1.75. The van der Waals surface area contributed by atoms with E-state index in [0.717, 1.165) is 11.1 Å². The number of halogens is 1. The van der Waals surface area contributed by atoms with E-state index in [1.54, 1.807) is 29.9 Å². The van der Waals surface area contributed by atoms with Crippen molar-refractivity contribution in [3.8, 4) is 17.0 Å². The average Bonchev–Trinajstić information content (AvgIpc) is 3.21. The lowest BCUT2D eigenvalue weighted by molar-refractivity contribution is 0.0928. The van der Waals surface area contributed by atoms with Crippen LogP contribution >= 0.6 is 19.4 Å². The third-order valence-corrected chi connectivity index (χ3v) is 6.36. The van der Waals surface area contributed by atoms with E-state index in [1.807, 2.05) is 38.1 Å². The molecule has 10 nitrogen and oxygen atoms in total. The molecule has 1 aromatic heterocycles. The van der Waals surface area contributed by atoms with Gasteiger partial charge >= 0.3 is 7.82 Å². The van der Waals surface area contributed by atoms with Crippen LogP contribution in [0.3, 0.4) is 0 Å².